The molecular weight excluding hydrogens is 432 g/mol. The number of benzene rings is 1. The fourth-order valence-corrected chi connectivity index (χ4v) is 3.08. The van der Waals surface area contributed by atoms with E-state index in [0.717, 1.165) is 4.57 Å². The molecule has 128 valence electrons. The van der Waals surface area contributed by atoms with E-state index in [1.54, 1.807) is 0 Å². The van der Waals surface area contributed by atoms with Crippen molar-refractivity contribution >= 4 is 39.1 Å². The van der Waals surface area contributed by atoms with Crippen molar-refractivity contribution in [2.75, 3.05) is 0 Å². The Labute approximate surface area is 154 Å². The van der Waals surface area contributed by atoms with Gasteiger partial charge in [-0.1, -0.05) is 35.3 Å². The van der Waals surface area contributed by atoms with Crippen molar-refractivity contribution in [3.8, 4) is 17.3 Å². The van der Waals surface area contributed by atoms with Gasteiger partial charge in [0.2, 0.25) is 0 Å². The van der Waals surface area contributed by atoms with Gasteiger partial charge in [0, 0.05) is 5.02 Å². The quantitative estimate of drug-likeness (QED) is 0.544. The van der Waals surface area contributed by atoms with Crippen LogP contribution in [0.3, 0.4) is 0 Å². The van der Waals surface area contributed by atoms with E-state index in [1.807, 2.05) is 6.07 Å². The first-order valence-electron chi connectivity index (χ1n) is 6.57. The highest BCUT2D eigenvalue weighted by Crippen LogP contribution is 2.43. The molecule has 0 bridgehead atoms. The Kier molecular flexibility index (Phi) is 5.87. The van der Waals surface area contributed by atoms with Gasteiger partial charge in [0.1, 0.15) is 24.1 Å². The normalized spacial score (nSPS) is 12.9. The summed E-state index contributed by atoms with van der Waals surface area (Å²) in [7, 11) is 0. The zero-order chi connectivity index (χ0) is 18.1. The molecule has 0 spiro atoms. The summed E-state index contributed by atoms with van der Waals surface area (Å²) in [5.74, 6) is 0. The number of nitriles is 1. The van der Waals surface area contributed by atoms with Crippen LogP contribution in [0.5, 0.6) is 0 Å². The summed E-state index contributed by atoms with van der Waals surface area (Å²) in [6.07, 6.45) is -4.69. The number of ether oxygens (including phenoxy) is 1. The minimum atomic E-state index is -4.69. The molecule has 9 heteroatoms. The second kappa shape index (κ2) is 7.36. The van der Waals surface area contributed by atoms with Gasteiger partial charge < -0.3 is 9.30 Å². The van der Waals surface area contributed by atoms with Crippen LogP contribution in [-0.4, -0.2) is 10.1 Å². The summed E-state index contributed by atoms with van der Waals surface area (Å²) in [6, 6.07) is 7.93. The van der Waals surface area contributed by atoms with Crippen molar-refractivity contribution in [2.45, 2.75) is 25.4 Å². The van der Waals surface area contributed by atoms with Crippen molar-refractivity contribution in [3.63, 3.8) is 0 Å². The molecule has 1 heterocycles. The minimum absolute atomic E-state index is 0.0747. The number of halogens is 6. The first-order valence-corrected chi connectivity index (χ1v) is 8.18. The van der Waals surface area contributed by atoms with E-state index < -0.39 is 24.2 Å². The molecule has 3 nitrogen and oxygen atoms in total. The Morgan fingerprint density at radius 2 is 1.92 bits per heavy atom. The van der Waals surface area contributed by atoms with Crippen molar-refractivity contribution in [1.29, 1.82) is 5.26 Å². The highest BCUT2D eigenvalue weighted by atomic mass is 79.9. The molecule has 2 aromatic rings. The Hall–Kier alpha value is -1.20. The number of rotatable bonds is 4. The lowest BCUT2D eigenvalue weighted by molar-refractivity contribution is -0.146. The van der Waals surface area contributed by atoms with Gasteiger partial charge >= 0.3 is 6.18 Å². The Bertz CT molecular complexity index is 780. The SMILES string of the molecule is CC(Cl)OCn1c(-c2ccc(Cl)cc2)c(C#N)c(Br)c1C(F)(F)F. The van der Waals surface area contributed by atoms with Gasteiger partial charge in [-0.3, -0.25) is 0 Å². The van der Waals surface area contributed by atoms with Crippen LogP contribution in [0.15, 0.2) is 28.7 Å². The van der Waals surface area contributed by atoms with E-state index in [1.165, 1.54) is 31.2 Å². The molecular formula is C15H10BrCl2F3N2O. The largest absolute Gasteiger partial charge is 0.432 e. The molecule has 1 aromatic heterocycles. The van der Waals surface area contributed by atoms with Crippen LogP contribution in [0.4, 0.5) is 13.2 Å². The average molecular weight is 442 g/mol. The molecule has 0 aliphatic carbocycles. The second-order valence-electron chi connectivity index (χ2n) is 4.77. The van der Waals surface area contributed by atoms with Gasteiger partial charge in [0.05, 0.1) is 15.7 Å². The van der Waals surface area contributed by atoms with E-state index in [2.05, 4.69) is 15.9 Å². The molecule has 0 aliphatic heterocycles. The van der Waals surface area contributed by atoms with E-state index in [4.69, 9.17) is 27.9 Å². The third-order valence-electron chi connectivity index (χ3n) is 3.14. The topological polar surface area (TPSA) is 38.0 Å². The van der Waals surface area contributed by atoms with Crippen LogP contribution in [-0.2, 0) is 17.6 Å². The van der Waals surface area contributed by atoms with Gasteiger partial charge in [0.25, 0.3) is 0 Å². The van der Waals surface area contributed by atoms with Crippen molar-refractivity contribution in [2.24, 2.45) is 0 Å². The molecule has 0 fully saturated rings. The van der Waals surface area contributed by atoms with E-state index in [-0.39, 0.29) is 15.7 Å². The molecule has 1 atom stereocenters. The fourth-order valence-electron chi connectivity index (χ4n) is 2.18. The Morgan fingerprint density at radius 3 is 2.38 bits per heavy atom. The first-order chi connectivity index (χ1) is 11.2. The van der Waals surface area contributed by atoms with Gasteiger partial charge in [-0.05, 0) is 40.5 Å². The zero-order valence-electron chi connectivity index (χ0n) is 12.2. The maximum absolute atomic E-state index is 13.5. The lowest BCUT2D eigenvalue weighted by atomic mass is 10.1. The van der Waals surface area contributed by atoms with Gasteiger partial charge in [-0.15, -0.1) is 0 Å². The second-order valence-corrected chi connectivity index (χ2v) is 6.61. The maximum atomic E-state index is 13.5. The number of hydrogen-bond acceptors (Lipinski definition) is 2. The number of alkyl halides is 4. The third kappa shape index (κ3) is 3.89. The maximum Gasteiger partial charge on any atom is 0.432 e. The monoisotopic (exact) mass is 440 g/mol. The fraction of sp³-hybridized carbons (Fsp3) is 0.267. The highest BCUT2D eigenvalue weighted by molar-refractivity contribution is 9.10. The predicted octanol–water partition coefficient (Wildman–Crippen LogP) is 6.02. The molecule has 0 saturated carbocycles. The summed E-state index contributed by atoms with van der Waals surface area (Å²) >= 11 is 14.4. The molecule has 24 heavy (non-hydrogen) atoms. The van der Waals surface area contributed by atoms with Gasteiger partial charge in [-0.25, -0.2) is 0 Å². The third-order valence-corrected chi connectivity index (χ3v) is 4.29. The Balaban J connectivity index is 2.75. The predicted molar refractivity (Wildman–Crippen MR) is 88.7 cm³/mol. The zero-order valence-corrected chi connectivity index (χ0v) is 15.3. The Morgan fingerprint density at radius 1 is 1.33 bits per heavy atom. The summed E-state index contributed by atoms with van der Waals surface area (Å²) in [5, 5.41) is 9.77. The van der Waals surface area contributed by atoms with Gasteiger partial charge in [-0.2, -0.15) is 18.4 Å². The molecule has 0 N–H and O–H groups in total. The number of nitrogens with zero attached hydrogens (tertiary/aromatic N) is 2. The minimum Gasteiger partial charge on any atom is -0.342 e. The van der Waals surface area contributed by atoms with E-state index in [0.29, 0.717) is 10.6 Å². The molecule has 1 aromatic carbocycles. The molecule has 1 unspecified atom stereocenters. The molecule has 0 amide bonds. The summed E-state index contributed by atoms with van der Waals surface area (Å²) < 4.78 is 46.1. The lowest BCUT2D eigenvalue weighted by Gasteiger charge is -2.17. The number of hydrogen-bond donors (Lipinski definition) is 0. The molecule has 0 radical (unpaired) electrons. The summed E-state index contributed by atoms with van der Waals surface area (Å²) in [4.78, 5) is 0. The molecule has 0 aliphatic rings. The van der Waals surface area contributed by atoms with Crippen LogP contribution < -0.4 is 0 Å². The molecule has 2 rings (SSSR count). The summed E-state index contributed by atoms with van der Waals surface area (Å²) in [5.41, 5.74) is -1.48. The van der Waals surface area contributed by atoms with Crippen molar-refractivity contribution in [3.05, 3.63) is 45.0 Å². The number of aromatic nitrogens is 1. The summed E-state index contributed by atoms with van der Waals surface area (Å²) in [6.45, 7) is 1.03. The van der Waals surface area contributed by atoms with Crippen molar-refractivity contribution in [1.82, 2.24) is 4.57 Å². The van der Waals surface area contributed by atoms with Crippen LogP contribution in [0, 0.1) is 11.3 Å². The lowest BCUT2D eigenvalue weighted by Crippen LogP contribution is -2.17. The standard InChI is InChI=1S/C15H10BrCl2F3N2O/c1-8(17)24-7-23-13(9-2-4-10(18)5-3-9)11(6-22)12(16)14(23)15(19,20)21/h2-5,8H,7H2,1H3. The van der Waals surface area contributed by atoms with Gasteiger partial charge in [0.15, 0.2) is 0 Å². The van der Waals surface area contributed by atoms with E-state index >= 15 is 0 Å². The van der Waals surface area contributed by atoms with Crippen LogP contribution in [0.1, 0.15) is 18.2 Å². The first kappa shape index (κ1) is 19.1. The van der Waals surface area contributed by atoms with Crippen molar-refractivity contribution < 1.29 is 17.9 Å². The van der Waals surface area contributed by atoms with Crippen LogP contribution in [0.2, 0.25) is 5.02 Å². The van der Waals surface area contributed by atoms with E-state index in [9.17, 15) is 18.4 Å². The van der Waals surface area contributed by atoms with Crippen LogP contribution in [0.25, 0.3) is 11.3 Å². The average Bonchev–Trinajstić information content (AvgIpc) is 2.77. The highest BCUT2D eigenvalue weighted by Gasteiger charge is 2.40. The smallest absolute Gasteiger partial charge is 0.342 e. The van der Waals surface area contributed by atoms with Crippen LogP contribution >= 0.6 is 39.1 Å². The molecule has 0 saturated heterocycles.